The molecule has 3 atom stereocenters. The second-order valence-electron chi connectivity index (χ2n) is 3.14. The average Bonchev–Trinajstić information content (AvgIpc) is 2.44. The molecule has 6 N–H and O–H groups in total. The minimum Gasteiger partial charge on any atom is -0.480 e. The van der Waals surface area contributed by atoms with Gasteiger partial charge in [0.2, 0.25) is 0 Å². The zero-order valence-corrected chi connectivity index (χ0v) is 16.6. The first-order chi connectivity index (χ1) is 10.7. The number of carboxylic acids is 1. The Kier molecular flexibility index (Phi) is 29.5. The second-order valence-corrected chi connectivity index (χ2v) is 9.63. The summed E-state index contributed by atoms with van der Waals surface area (Å²) >= 11 is 0. The van der Waals surface area contributed by atoms with Crippen LogP contribution in [0.3, 0.4) is 0 Å². The van der Waals surface area contributed by atoms with Gasteiger partial charge in [-0.2, -0.15) is 14.3 Å². The number of carbonyl (C=O) groups excluding carboxylic acids is 3. The number of amides is 2. The normalized spacial score (nSPS) is 8.96. The van der Waals surface area contributed by atoms with E-state index in [0.29, 0.717) is 0 Å². The molecule has 0 bridgehead atoms. The summed E-state index contributed by atoms with van der Waals surface area (Å²) in [6.07, 6.45) is 0.343. The highest BCUT2D eigenvalue weighted by Crippen LogP contribution is 2.47. The van der Waals surface area contributed by atoms with Gasteiger partial charge in [-0.1, -0.05) is 22.9 Å². The molecule has 144 valence electrons. The Morgan fingerprint density at radius 3 is 2.04 bits per heavy atom. The van der Waals surface area contributed by atoms with Gasteiger partial charge < -0.3 is 25.5 Å². The molecule has 13 nitrogen and oxygen atoms in total. The Bertz CT molecular complexity index is 353. The fourth-order valence-corrected chi connectivity index (χ4v) is 1.23. The molecule has 0 rings (SSSR count). The van der Waals surface area contributed by atoms with Crippen LogP contribution in [0.15, 0.2) is 0 Å². The van der Waals surface area contributed by atoms with Gasteiger partial charge >= 0.3 is 18.2 Å². The van der Waals surface area contributed by atoms with Crippen molar-refractivity contribution in [1.82, 2.24) is 9.80 Å². The van der Waals surface area contributed by atoms with Crippen molar-refractivity contribution in [3.8, 4) is 0 Å². The van der Waals surface area contributed by atoms with Gasteiger partial charge in [0.25, 0.3) is 0 Å². The fourth-order valence-electron chi connectivity index (χ4n) is 0.800. The number of nitrogens with zero attached hydrogens (tertiary/aromatic N) is 2. The first-order valence-corrected chi connectivity index (χ1v) is 10.8. The van der Waals surface area contributed by atoms with Crippen LogP contribution < -0.4 is 0 Å². The molecule has 0 aromatic heterocycles. The number of hydrogen-bond donors (Lipinski definition) is 4. The molecule has 0 aliphatic heterocycles. The minimum atomic E-state index is -1.23. The van der Waals surface area contributed by atoms with E-state index in [9.17, 15) is 9.59 Å². The number of urea groups is 1. The number of aliphatic hydroxyl groups is 1. The average molecular weight is 432 g/mol. The van der Waals surface area contributed by atoms with Crippen molar-refractivity contribution < 1.29 is 54.7 Å². The summed E-state index contributed by atoms with van der Waals surface area (Å²) in [5, 5.41) is 28.4. The molecule has 0 saturated heterocycles. The summed E-state index contributed by atoms with van der Waals surface area (Å²) < 4.78 is 4.14. The molecule has 0 aromatic rings. The monoisotopic (exact) mass is 432 g/mol. The van der Waals surface area contributed by atoms with Gasteiger partial charge in [0, 0.05) is 7.05 Å². The molecular formula is C7H20N2O11P4. The summed E-state index contributed by atoms with van der Waals surface area (Å²) in [7, 11) is 4.76. The van der Waals surface area contributed by atoms with Crippen LogP contribution in [0.4, 0.5) is 4.79 Å². The SMILES string of the molecule is CN(CPOOO)C(=O)N(CO)CC(=O)O.O.O=C=O.OP(P)P. The molecule has 0 aliphatic carbocycles. The molecule has 0 aliphatic rings. The molecule has 0 fully saturated rings. The third kappa shape index (κ3) is 26.5. The van der Waals surface area contributed by atoms with Gasteiger partial charge in [-0.3, -0.25) is 9.69 Å². The Morgan fingerprint density at radius 1 is 1.33 bits per heavy atom. The quantitative estimate of drug-likeness (QED) is 0.125. The molecule has 0 spiro atoms. The topological polar surface area (TPSA) is 206 Å². The van der Waals surface area contributed by atoms with Crippen LogP contribution >= 0.6 is 34.2 Å². The van der Waals surface area contributed by atoms with Crippen molar-refractivity contribution >= 4 is 52.3 Å². The Balaban J connectivity index is -0.000000212. The van der Waals surface area contributed by atoms with Gasteiger partial charge in [-0.25, -0.2) is 10.1 Å². The highest BCUT2D eigenvalue weighted by atomic mass is 32.4. The van der Waals surface area contributed by atoms with Crippen molar-refractivity contribution in [3.05, 3.63) is 0 Å². The third-order valence-electron chi connectivity index (χ3n) is 1.49. The predicted molar refractivity (Wildman–Crippen MR) is 89.7 cm³/mol. The van der Waals surface area contributed by atoms with E-state index in [-0.39, 0.29) is 26.7 Å². The molecule has 2 amide bonds. The maximum absolute atomic E-state index is 11.5. The number of rotatable bonds is 7. The molecule has 0 radical (unpaired) electrons. The van der Waals surface area contributed by atoms with E-state index in [1.54, 1.807) is 0 Å². The first-order valence-electron chi connectivity index (χ1n) is 5.18. The number of hydrogen-bond acceptors (Lipinski definition) is 9. The zero-order valence-electron chi connectivity index (χ0n) is 12.4. The minimum absolute atomic E-state index is 0. The Hall–Kier alpha value is -0.400. The van der Waals surface area contributed by atoms with Gasteiger partial charge in [0.1, 0.15) is 13.3 Å². The lowest BCUT2D eigenvalue weighted by atomic mass is 10.5. The largest absolute Gasteiger partial charge is 0.480 e. The van der Waals surface area contributed by atoms with Crippen LogP contribution in [-0.2, 0) is 24.1 Å². The smallest absolute Gasteiger partial charge is 0.373 e. The van der Waals surface area contributed by atoms with Crippen molar-refractivity contribution in [2.75, 3.05) is 26.6 Å². The Labute approximate surface area is 144 Å². The van der Waals surface area contributed by atoms with Crippen LogP contribution in [0.2, 0.25) is 0 Å². The fraction of sp³-hybridized carbons (Fsp3) is 0.571. The highest BCUT2D eigenvalue weighted by molar-refractivity contribution is 8.40. The van der Waals surface area contributed by atoms with E-state index in [0.717, 1.165) is 9.80 Å². The third-order valence-corrected chi connectivity index (χ3v) is 2.29. The molecule has 0 saturated carbocycles. The van der Waals surface area contributed by atoms with E-state index in [2.05, 4.69) is 27.6 Å². The molecule has 3 unspecified atom stereocenters. The van der Waals surface area contributed by atoms with Crippen LogP contribution in [0.25, 0.3) is 0 Å². The Morgan fingerprint density at radius 2 is 1.75 bits per heavy atom. The van der Waals surface area contributed by atoms with E-state index < -0.39 is 32.8 Å². The summed E-state index contributed by atoms with van der Waals surface area (Å²) in [6.45, 7) is -1.30. The molecule has 0 aromatic carbocycles. The van der Waals surface area contributed by atoms with E-state index in [1.807, 2.05) is 0 Å². The predicted octanol–water partition coefficient (Wildman–Crippen LogP) is -1.11. The zero-order chi connectivity index (χ0) is 18.8. The van der Waals surface area contributed by atoms with Crippen LogP contribution in [0, 0.1) is 0 Å². The molecule has 17 heteroatoms. The maximum Gasteiger partial charge on any atom is 0.373 e. The van der Waals surface area contributed by atoms with Crippen molar-refractivity contribution in [2.24, 2.45) is 0 Å². The highest BCUT2D eigenvalue weighted by Gasteiger charge is 2.19. The van der Waals surface area contributed by atoms with Crippen LogP contribution in [0.5, 0.6) is 0 Å². The van der Waals surface area contributed by atoms with Crippen LogP contribution in [-0.4, -0.2) is 80.4 Å². The number of aliphatic hydroxyl groups excluding tert-OH is 1. The van der Waals surface area contributed by atoms with Crippen molar-refractivity contribution in [2.45, 2.75) is 0 Å². The van der Waals surface area contributed by atoms with Gasteiger partial charge in [0.05, 0.1) is 22.6 Å². The molecular weight excluding hydrogens is 412 g/mol. The number of aliphatic carboxylic acids is 1. The summed E-state index contributed by atoms with van der Waals surface area (Å²) in [5.41, 5.74) is 0. The van der Waals surface area contributed by atoms with Gasteiger partial charge in [0.15, 0.2) is 0 Å². The lowest BCUT2D eigenvalue weighted by Crippen LogP contribution is -2.43. The van der Waals surface area contributed by atoms with E-state index >= 15 is 0 Å². The van der Waals surface area contributed by atoms with Crippen molar-refractivity contribution in [3.63, 3.8) is 0 Å². The van der Waals surface area contributed by atoms with Gasteiger partial charge in [-0.05, 0) is 0 Å². The lowest BCUT2D eigenvalue weighted by Gasteiger charge is -2.24. The van der Waals surface area contributed by atoms with Gasteiger partial charge in [-0.15, -0.1) is 0 Å². The number of carbonyl (C=O) groups is 2. The van der Waals surface area contributed by atoms with Crippen molar-refractivity contribution in [1.29, 1.82) is 0 Å². The first kappa shape index (κ1) is 31.4. The summed E-state index contributed by atoms with van der Waals surface area (Å²) in [4.78, 5) is 48.0. The lowest BCUT2D eigenvalue weighted by molar-refractivity contribution is -0.435. The van der Waals surface area contributed by atoms with E-state index in [1.165, 1.54) is 7.05 Å². The molecule has 0 heterocycles. The summed E-state index contributed by atoms with van der Waals surface area (Å²) in [5.74, 6) is -1.23. The van der Waals surface area contributed by atoms with E-state index in [4.69, 9.17) is 30.0 Å². The second kappa shape index (κ2) is 22.6. The summed E-state index contributed by atoms with van der Waals surface area (Å²) in [6, 6.07) is -0.668. The molecule has 24 heavy (non-hydrogen) atoms. The standard InChI is InChI=1S/C6H13N2O7P.CO2.H5OP3.H2O/c1-7(4-16-15-14-13)6(12)8(3-9)2-5(10)11;2-1-3;1-4(2)3;/h9,13,16H,2-4H2,1H3,(H,10,11);;1H,2-3H2;1H2. The van der Waals surface area contributed by atoms with Crippen LogP contribution in [0.1, 0.15) is 0 Å². The number of carboxylic acid groups (broad SMARTS) is 1. The maximum atomic E-state index is 11.5.